The van der Waals surface area contributed by atoms with E-state index in [1.54, 1.807) is 0 Å². The molecule has 74 valence electrons. The van der Waals surface area contributed by atoms with Gasteiger partial charge in [-0.05, 0) is 6.42 Å². The van der Waals surface area contributed by atoms with Crippen molar-refractivity contribution in [1.29, 1.82) is 0 Å². The fourth-order valence-corrected chi connectivity index (χ4v) is 1.01. The standard InChI is InChI=1S/C7H8F3NO2/c8-7(9,10)5(1-3-12)6-2-4-13-11-6/h2,4-5,12H,1,3H2. The first-order chi connectivity index (χ1) is 6.05. The van der Waals surface area contributed by atoms with Crippen LogP contribution in [0.1, 0.15) is 18.0 Å². The van der Waals surface area contributed by atoms with Crippen LogP contribution in [0.2, 0.25) is 0 Å². The lowest BCUT2D eigenvalue weighted by Crippen LogP contribution is -2.22. The predicted octanol–water partition coefficient (Wildman–Crippen LogP) is 1.70. The van der Waals surface area contributed by atoms with Gasteiger partial charge < -0.3 is 9.63 Å². The fraction of sp³-hybridized carbons (Fsp3) is 0.571. The Bertz CT molecular complexity index is 245. The molecule has 0 amide bonds. The van der Waals surface area contributed by atoms with Gasteiger partial charge in [0.25, 0.3) is 0 Å². The molecule has 0 aliphatic heterocycles. The molecule has 1 rings (SSSR count). The second-order valence-electron chi connectivity index (χ2n) is 2.53. The van der Waals surface area contributed by atoms with Crippen molar-refractivity contribution < 1.29 is 22.8 Å². The third-order valence-electron chi connectivity index (χ3n) is 1.63. The molecule has 0 aromatic carbocycles. The van der Waals surface area contributed by atoms with Crippen LogP contribution in [-0.4, -0.2) is 23.0 Å². The molecule has 0 spiro atoms. The average Bonchev–Trinajstić information content (AvgIpc) is 2.49. The Morgan fingerprint density at radius 1 is 1.54 bits per heavy atom. The summed E-state index contributed by atoms with van der Waals surface area (Å²) in [6.45, 7) is -0.531. The van der Waals surface area contributed by atoms with Crippen LogP contribution in [0.3, 0.4) is 0 Å². The van der Waals surface area contributed by atoms with Crippen molar-refractivity contribution >= 4 is 0 Å². The van der Waals surface area contributed by atoms with Crippen molar-refractivity contribution in [2.75, 3.05) is 6.61 Å². The first kappa shape index (κ1) is 10.0. The third-order valence-corrected chi connectivity index (χ3v) is 1.63. The summed E-state index contributed by atoms with van der Waals surface area (Å²) in [5, 5.41) is 11.6. The number of nitrogens with zero attached hydrogens (tertiary/aromatic N) is 1. The molecule has 3 nitrogen and oxygen atoms in total. The lowest BCUT2D eigenvalue weighted by Gasteiger charge is -2.16. The van der Waals surface area contributed by atoms with E-state index in [2.05, 4.69) is 9.68 Å². The van der Waals surface area contributed by atoms with Crippen molar-refractivity contribution in [3.63, 3.8) is 0 Å². The highest BCUT2D eigenvalue weighted by Gasteiger charge is 2.41. The summed E-state index contributed by atoms with van der Waals surface area (Å²) in [4.78, 5) is 0. The van der Waals surface area contributed by atoms with Crippen LogP contribution in [0.15, 0.2) is 16.9 Å². The second-order valence-corrected chi connectivity index (χ2v) is 2.53. The Morgan fingerprint density at radius 3 is 2.62 bits per heavy atom. The Balaban J connectivity index is 2.81. The quantitative estimate of drug-likeness (QED) is 0.798. The van der Waals surface area contributed by atoms with E-state index in [9.17, 15) is 13.2 Å². The van der Waals surface area contributed by atoms with Crippen LogP contribution in [0.5, 0.6) is 0 Å². The summed E-state index contributed by atoms with van der Waals surface area (Å²) in [7, 11) is 0. The molecule has 1 heterocycles. The lowest BCUT2D eigenvalue weighted by atomic mass is 10.0. The van der Waals surface area contributed by atoms with Gasteiger partial charge >= 0.3 is 6.18 Å². The van der Waals surface area contributed by atoms with Gasteiger partial charge in [-0.15, -0.1) is 0 Å². The second kappa shape index (κ2) is 3.78. The number of alkyl halides is 3. The Labute approximate surface area is 72.1 Å². The molecule has 0 fully saturated rings. The average molecular weight is 195 g/mol. The summed E-state index contributed by atoms with van der Waals surface area (Å²) >= 11 is 0. The highest BCUT2D eigenvalue weighted by Crippen LogP contribution is 2.36. The maximum Gasteiger partial charge on any atom is 0.397 e. The molecule has 1 unspecified atom stereocenters. The molecule has 0 saturated heterocycles. The summed E-state index contributed by atoms with van der Waals surface area (Å²) in [6.07, 6.45) is -3.71. The minimum Gasteiger partial charge on any atom is -0.396 e. The minimum absolute atomic E-state index is 0.193. The molecule has 0 saturated carbocycles. The Morgan fingerprint density at radius 2 is 2.23 bits per heavy atom. The number of halogens is 3. The summed E-state index contributed by atoms with van der Waals surface area (Å²) < 4.78 is 41.1. The molecule has 0 aliphatic carbocycles. The van der Waals surface area contributed by atoms with Gasteiger partial charge in [0.15, 0.2) is 0 Å². The van der Waals surface area contributed by atoms with Crippen LogP contribution in [0.4, 0.5) is 13.2 Å². The van der Waals surface area contributed by atoms with E-state index in [0.717, 1.165) is 12.3 Å². The largest absolute Gasteiger partial charge is 0.397 e. The number of hydrogen-bond acceptors (Lipinski definition) is 3. The molecule has 13 heavy (non-hydrogen) atoms. The predicted molar refractivity (Wildman–Crippen MR) is 37.0 cm³/mol. The van der Waals surface area contributed by atoms with Gasteiger partial charge in [0.1, 0.15) is 12.2 Å². The normalized spacial score (nSPS) is 14.5. The highest BCUT2D eigenvalue weighted by molar-refractivity contribution is 5.06. The lowest BCUT2D eigenvalue weighted by molar-refractivity contribution is -0.154. The Hall–Kier alpha value is -1.04. The van der Waals surface area contributed by atoms with Gasteiger partial charge in [0.05, 0.1) is 5.69 Å². The first-order valence-corrected chi connectivity index (χ1v) is 3.63. The SMILES string of the molecule is OCCC(c1ccon1)C(F)(F)F. The maximum atomic E-state index is 12.3. The number of aliphatic hydroxyl groups excluding tert-OH is 1. The van der Waals surface area contributed by atoms with Crippen molar-refractivity contribution in [2.45, 2.75) is 18.5 Å². The van der Waals surface area contributed by atoms with Crippen LogP contribution in [0.25, 0.3) is 0 Å². The molecule has 0 bridgehead atoms. The molecular formula is C7H8F3NO2. The van der Waals surface area contributed by atoms with E-state index in [-0.39, 0.29) is 5.69 Å². The van der Waals surface area contributed by atoms with E-state index in [1.165, 1.54) is 0 Å². The topological polar surface area (TPSA) is 46.3 Å². The molecular weight excluding hydrogens is 187 g/mol. The van der Waals surface area contributed by atoms with Gasteiger partial charge in [-0.1, -0.05) is 5.16 Å². The molecule has 6 heteroatoms. The molecule has 1 atom stereocenters. The highest BCUT2D eigenvalue weighted by atomic mass is 19.4. The molecule has 0 aliphatic rings. The first-order valence-electron chi connectivity index (χ1n) is 3.63. The zero-order valence-corrected chi connectivity index (χ0v) is 6.58. The van der Waals surface area contributed by atoms with E-state index < -0.39 is 25.1 Å². The maximum absolute atomic E-state index is 12.3. The van der Waals surface area contributed by atoms with E-state index in [0.29, 0.717) is 0 Å². The molecule has 0 radical (unpaired) electrons. The van der Waals surface area contributed by atoms with Crippen LogP contribution >= 0.6 is 0 Å². The fourth-order valence-electron chi connectivity index (χ4n) is 1.01. The zero-order chi connectivity index (χ0) is 9.90. The van der Waals surface area contributed by atoms with Gasteiger partial charge in [0.2, 0.25) is 0 Å². The Kier molecular flexibility index (Phi) is 2.92. The molecule has 1 N–H and O–H groups in total. The number of hydrogen-bond donors (Lipinski definition) is 1. The summed E-state index contributed by atoms with van der Waals surface area (Å²) in [6, 6.07) is 1.15. The number of aromatic nitrogens is 1. The van der Waals surface area contributed by atoms with E-state index >= 15 is 0 Å². The van der Waals surface area contributed by atoms with E-state index in [4.69, 9.17) is 5.11 Å². The van der Waals surface area contributed by atoms with Gasteiger partial charge in [-0.3, -0.25) is 0 Å². The monoisotopic (exact) mass is 195 g/mol. The van der Waals surface area contributed by atoms with Crippen LogP contribution in [0, 0.1) is 0 Å². The number of aliphatic hydroxyl groups is 1. The van der Waals surface area contributed by atoms with Gasteiger partial charge in [-0.2, -0.15) is 13.2 Å². The summed E-state index contributed by atoms with van der Waals surface area (Å²) in [5.74, 6) is -1.74. The minimum atomic E-state index is -4.39. The molecule has 1 aromatic heterocycles. The van der Waals surface area contributed by atoms with Crippen LogP contribution in [-0.2, 0) is 0 Å². The molecule has 1 aromatic rings. The number of rotatable bonds is 3. The summed E-state index contributed by atoms with van der Waals surface area (Å²) in [5.41, 5.74) is -0.193. The zero-order valence-electron chi connectivity index (χ0n) is 6.58. The van der Waals surface area contributed by atoms with Gasteiger partial charge in [0, 0.05) is 12.7 Å². The van der Waals surface area contributed by atoms with Crippen molar-refractivity contribution in [3.8, 4) is 0 Å². The van der Waals surface area contributed by atoms with Crippen molar-refractivity contribution in [1.82, 2.24) is 5.16 Å². The van der Waals surface area contributed by atoms with Crippen molar-refractivity contribution in [3.05, 3.63) is 18.0 Å². The van der Waals surface area contributed by atoms with E-state index in [1.807, 2.05) is 0 Å². The third kappa shape index (κ3) is 2.45. The van der Waals surface area contributed by atoms with Gasteiger partial charge in [-0.25, -0.2) is 0 Å². The smallest absolute Gasteiger partial charge is 0.396 e. The van der Waals surface area contributed by atoms with Crippen molar-refractivity contribution in [2.24, 2.45) is 0 Å². The van der Waals surface area contributed by atoms with Crippen LogP contribution < -0.4 is 0 Å².